The van der Waals surface area contributed by atoms with E-state index in [4.69, 9.17) is 11.6 Å². The molecule has 1 atom stereocenters. The van der Waals surface area contributed by atoms with Crippen LogP contribution in [0.25, 0.3) is 0 Å². The standard InChI is InChI=1S/C20H25ClN4O/c1-24-11-13-25(14-12-24)19(17-9-5-6-10-18(17)21)15-22-20(26)23-16-7-3-2-4-8-16/h2-10,19H,11-15H2,1H3,(H2,22,23,26). The molecule has 1 saturated heterocycles. The van der Waals surface area contributed by atoms with Crippen molar-refractivity contribution in [3.8, 4) is 0 Å². The van der Waals surface area contributed by atoms with Crippen LogP contribution in [-0.2, 0) is 0 Å². The van der Waals surface area contributed by atoms with Crippen molar-refractivity contribution in [2.75, 3.05) is 45.1 Å². The van der Waals surface area contributed by atoms with E-state index >= 15 is 0 Å². The SMILES string of the molecule is CN1CCN(C(CNC(=O)Nc2ccccc2)c2ccccc2Cl)CC1. The van der Waals surface area contributed by atoms with Crippen LogP contribution < -0.4 is 10.6 Å². The largest absolute Gasteiger partial charge is 0.336 e. The Morgan fingerprint density at radius 1 is 1.04 bits per heavy atom. The van der Waals surface area contributed by atoms with Crippen LogP contribution in [0.15, 0.2) is 54.6 Å². The third kappa shape index (κ3) is 4.97. The number of piperazine rings is 1. The van der Waals surface area contributed by atoms with E-state index in [-0.39, 0.29) is 12.1 Å². The number of amides is 2. The van der Waals surface area contributed by atoms with E-state index in [2.05, 4.69) is 27.5 Å². The number of urea groups is 1. The molecule has 5 nitrogen and oxygen atoms in total. The summed E-state index contributed by atoms with van der Waals surface area (Å²) in [6.45, 7) is 4.43. The van der Waals surface area contributed by atoms with Crippen molar-refractivity contribution in [3.05, 3.63) is 65.2 Å². The highest BCUT2D eigenvalue weighted by Crippen LogP contribution is 2.28. The summed E-state index contributed by atoms with van der Waals surface area (Å²) in [6, 6.07) is 17.2. The normalized spacial score (nSPS) is 16.8. The summed E-state index contributed by atoms with van der Waals surface area (Å²) in [5, 5.41) is 6.60. The van der Waals surface area contributed by atoms with Crippen LogP contribution in [0.1, 0.15) is 11.6 Å². The fraction of sp³-hybridized carbons (Fsp3) is 0.350. The molecule has 1 unspecified atom stereocenters. The molecule has 6 heteroatoms. The lowest BCUT2D eigenvalue weighted by molar-refractivity contribution is 0.111. The Hall–Kier alpha value is -2.08. The highest BCUT2D eigenvalue weighted by Gasteiger charge is 2.25. The molecule has 138 valence electrons. The summed E-state index contributed by atoms with van der Waals surface area (Å²) in [5.74, 6) is 0. The Kier molecular flexibility index (Phi) is 6.50. The first kappa shape index (κ1) is 18.7. The highest BCUT2D eigenvalue weighted by molar-refractivity contribution is 6.31. The van der Waals surface area contributed by atoms with Crippen molar-refractivity contribution in [3.63, 3.8) is 0 Å². The van der Waals surface area contributed by atoms with Gasteiger partial charge in [-0.1, -0.05) is 48.0 Å². The zero-order chi connectivity index (χ0) is 18.4. The lowest BCUT2D eigenvalue weighted by Gasteiger charge is -2.38. The van der Waals surface area contributed by atoms with Crippen LogP contribution in [0.4, 0.5) is 10.5 Å². The second-order valence-corrected chi connectivity index (χ2v) is 6.98. The predicted molar refractivity (Wildman–Crippen MR) is 107 cm³/mol. The monoisotopic (exact) mass is 372 g/mol. The van der Waals surface area contributed by atoms with Crippen molar-refractivity contribution in [1.82, 2.24) is 15.1 Å². The molecule has 2 N–H and O–H groups in total. The van der Waals surface area contributed by atoms with Gasteiger partial charge in [0.15, 0.2) is 0 Å². The maximum atomic E-state index is 12.3. The molecule has 1 aliphatic rings. The van der Waals surface area contributed by atoms with E-state index in [1.54, 1.807) is 0 Å². The van der Waals surface area contributed by atoms with Gasteiger partial charge in [0.25, 0.3) is 0 Å². The molecule has 0 bridgehead atoms. The summed E-state index contributed by atoms with van der Waals surface area (Å²) in [4.78, 5) is 17.0. The number of likely N-dealkylation sites (N-methyl/N-ethyl adjacent to an activating group) is 1. The molecule has 0 aromatic heterocycles. The van der Waals surface area contributed by atoms with E-state index in [1.165, 1.54) is 0 Å². The maximum Gasteiger partial charge on any atom is 0.319 e. The molecule has 26 heavy (non-hydrogen) atoms. The van der Waals surface area contributed by atoms with E-state index in [0.29, 0.717) is 6.54 Å². The van der Waals surface area contributed by atoms with Gasteiger partial charge >= 0.3 is 6.03 Å². The second kappa shape index (κ2) is 9.03. The number of hydrogen-bond donors (Lipinski definition) is 2. The topological polar surface area (TPSA) is 47.6 Å². The first-order valence-electron chi connectivity index (χ1n) is 8.90. The van der Waals surface area contributed by atoms with Gasteiger partial charge in [0.05, 0.1) is 6.04 Å². The van der Waals surface area contributed by atoms with Gasteiger partial charge in [-0.15, -0.1) is 0 Å². The van der Waals surface area contributed by atoms with E-state index in [0.717, 1.165) is 42.5 Å². The summed E-state index contributed by atoms with van der Waals surface area (Å²) < 4.78 is 0. The van der Waals surface area contributed by atoms with Crippen LogP contribution in [-0.4, -0.2) is 55.6 Å². The Balaban J connectivity index is 1.67. The van der Waals surface area contributed by atoms with E-state index < -0.39 is 0 Å². The summed E-state index contributed by atoms with van der Waals surface area (Å²) in [5.41, 5.74) is 1.83. The quantitative estimate of drug-likeness (QED) is 0.845. The van der Waals surface area contributed by atoms with Crippen molar-refractivity contribution in [2.24, 2.45) is 0 Å². The molecule has 0 radical (unpaired) electrons. The number of benzene rings is 2. The smallest absolute Gasteiger partial charge is 0.319 e. The van der Waals surface area contributed by atoms with Gasteiger partial charge in [0.2, 0.25) is 0 Å². The minimum atomic E-state index is -0.206. The number of para-hydroxylation sites is 1. The second-order valence-electron chi connectivity index (χ2n) is 6.58. The molecule has 1 heterocycles. The molecular formula is C20H25ClN4O. The lowest BCUT2D eigenvalue weighted by Crippen LogP contribution is -2.48. The molecule has 3 rings (SSSR count). The molecule has 0 aliphatic carbocycles. The number of rotatable bonds is 5. The Morgan fingerprint density at radius 2 is 1.69 bits per heavy atom. The minimum absolute atomic E-state index is 0.0546. The molecule has 1 fully saturated rings. The van der Waals surface area contributed by atoms with Crippen molar-refractivity contribution in [2.45, 2.75) is 6.04 Å². The lowest BCUT2D eigenvalue weighted by atomic mass is 10.0. The first-order chi connectivity index (χ1) is 12.6. The van der Waals surface area contributed by atoms with Gasteiger partial charge < -0.3 is 15.5 Å². The number of nitrogens with zero attached hydrogens (tertiary/aromatic N) is 2. The van der Waals surface area contributed by atoms with E-state index in [1.807, 2.05) is 54.6 Å². The molecule has 2 aromatic carbocycles. The number of carbonyl (C=O) groups is 1. The average molecular weight is 373 g/mol. The van der Waals surface area contributed by atoms with Crippen molar-refractivity contribution < 1.29 is 4.79 Å². The Labute approximate surface area is 159 Å². The van der Waals surface area contributed by atoms with Gasteiger partial charge in [-0.2, -0.15) is 0 Å². The molecule has 1 aliphatic heterocycles. The molecule has 0 saturated carbocycles. The van der Waals surface area contributed by atoms with Crippen LogP contribution >= 0.6 is 11.6 Å². The van der Waals surface area contributed by atoms with Crippen LogP contribution in [0.3, 0.4) is 0 Å². The Bertz CT molecular complexity index is 717. The average Bonchev–Trinajstić information content (AvgIpc) is 2.65. The maximum absolute atomic E-state index is 12.3. The fourth-order valence-corrected chi connectivity index (χ4v) is 3.46. The predicted octanol–water partition coefficient (Wildman–Crippen LogP) is 3.45. The third-order valence-electron chi connectivity index (χ3n) is 4.73. The molecule has 2 aromatic rings. The van der Waals surface area contributed by atoms with Gasteiger partial charge in [-0.05, 0) is 30.8 Å². The Morgan fingerprint density at radius 3 is 2.38 bits per heavy atom. The van der Waals surface area contributed by atoms with Gasteiger partial charge in [0, 0.05) is 43.4 Å². The fourth-order valence-electron chi connectivity index (χ4n) is 3.20. The van der Waals surface area contributed by atoms with Crippen molar-refractivity contribution >= 4 is 23.3 Å². The minimum Gasteiger partial charge on any atom is -0.336 e. The first-order valence-corrected chi connectivity index (χ1v) is 9.28. The van der Waals surface area contributed by atoms with Gasteiger partial charge in [-0.3, -0.25) is 4.90 Å². The van der Waals surface area contributed by atoms with Crippen LogP contribution in [0.5, 0.6) is 0 Å². The molecule has 0 spiro atoms. The van der Waals surface area contributed by atoms with Crippen LogP contribution in [0.2, 0.25) is 5.02 Å². The van der Waals surface area contributed by atoms with Gasteiger partial charge in [-0.25, -0.2) is 4.79 Å². The number of carbonyl (C=O) groups excluding carboxylic acids is 1. The highest BCUT2D eigenvalue weighted by atomic mass is 35.5. The summed E-state index contributed by atoms with van der Waals surface area (Å²) in [7, 11) is 2.13. The summed E-state index contributed by atoms with van der Waals surface area (Å²) >= 11 is 6.45. The molecular weight excluding hydrogens is 348 g/mol. The number of anilines is 1. The van der Waals surface area contributed by atoms with Gasteiger partial charge in [0.1, 0.15) is 0 Å². The van der Waals surface area contributed by atoms with Crippen molar-refractivity contribution in [1.29, 1.82) is 0 Å². The number of halogens is 1. The third-order valence-corrected chi connectivity index (χ3v) is 5.07. The zero-order valence-electron chi connectivity index (χ0n) is 15.0. The molecule has 2 amide bonds. The number of hydrogen-bond acceptors (Lipinski definition) is 3. The summed E-state index contributed by atoms with van der Waals surface area (Å²) in [6.07, 6.45) is 0. The van der Waals surface area contributed by atoms with Crippen LogP contribution in [0, 0.1) is 0 Å². The zero-order valence-corrected chi connectivity index (χ0v) is 15.7. The van der Waals surface area contributed by atoms with E-state index in [9.17, 15) is 4.79 Å². The number of nitrogens with one attached hydrogen (secondary N) is 2.